The summed E-state index contributed by atoms with van der Waals surface area (Å²) in [5.41, 5.74) is -0.530. The van der Waals surface area contributed by atoms with Crippen molar-refractivity contribution in [2.24, 2.45) is 0 Å². The van der Waals surface area contributed by atoms with Crippen LogP contribution in [0.2, 0.25) is 0 Å². The van der Waals surface area contributed by atoms with E-state index in [-0.39, 0.29) is 5.88 Å². The van der Waals surface area contributed by atoms with E-state index in [1.165, 1.54) is 0 Å². The van der Waals surface area contributed by atoms with Gasteiger partial charge in [0.25, 0.3) is 6.43 Å². The van der Waals surface area contributed by atoms with E-state index in [1.807, 2.05) is 0 Å². The molecule has 1 aromatic rings. The minimum atomic E-state index is -2.73. The van der Waals surface area contributed by atoms with Gasteiger partial charge >= 0.3 is 6.16 Å². The molecule has 0 fully saturated rings. The van der Waals surface area contributed by atoms with E-state index in [1.54, 1.807) is 0 Å². The van der Waals surface area contributed by atoms with Gasteiger partial charge in [0.15, 0.2) is 0 Å². The Balaban J connectivity index is 2.75. The molecule has 70 valence electrons. The molecule has 1 aromatic heterocycles. The summed E-state index contributed by atoms with van der Waals surface area (Å²) in [5, 5.41) is 8.11. The summed E-state index contributed by atoms with van der Waals surface area (Å²) in [5.74, 6) is -0.336. The Morgan fingerprint density at radius 1 is 1.46 bits per heavy atom. The summed E-state index contributed by atoms with van der Waals surface area (Å²) in [6, 6.07) is 0. The van der Waals surface area contributed by atoms with E-state index in [0.29, 0.717) is 0 Å². The minimum Gasteiger partial charge on any atom is -0.449 e. The average molecular weight is 190 g/mol. The summed E-state index contributed by atoms with van der Waals surface area (Å²) in [7, 11) is 0. The Kier molecular flexibility index (Phi) is 2.68. The second-order valence-corrected chi connectivity index (χ2v) is 1.95. The average Bonchev–Trinajstić information content (AvgIpc) is 2.04. The first-order chi connectivity index (χ1) is 6.09. The molecule has 0 saturated carbocycles. The summed E-state index contributed by atoms with van der Waals surface area (Å²) >= 11 is 0. The van der Waals surface area contributed by atoms with Crippen LogP contribution in [0.3, 0.4) is 0 Å². The molecule has 7 heteroatoms. The van der Waals surface area contributed by atoms with E-state index in [9.17, 15) is 13.6 Å². The zero-order valence-electron chi connectivity index (χ0n) is 6.15. The van der Waals surface area contributed by atoms with E-state index in [0.717, 1.165) is 12.4 Å². The highest BCUT2D eigenvalue weighted by atomic mass is 19.3. The van der Waals surface area contributed by atoms with Crippen molar-refractivity contribution in [3.8, 4) is 5.88 Å². The van der Waals surface area contributed by atoms with Crippen molar-refractivity contribution in [3.05, 3.63) is 18.1 Å². The number of halogens is 2. The highest BCUT2D eigenvalue weighted by molar-refractivity contribution is 5.60. The van der Waals surface area contributed by atoms with Crippen LogP contribution in [0.5, 0.6) is 5.88 Å². The third-order valence-corrected chi connectivity index (χ3v) is 1.06. The molecule has 13 heavy (non-hydrogen) atoms. The molecular weight excluding hydrogens is 186 g/mol. The lowest BCUT2D eigenvalue weighted by molar-refractivity contribution is 0.140. The molecule has 0 aliphatic rings. The lowest BCUT2D eigenvalue weighted by Crippen LogP contribution is -2.05. The fourth-order valence-corrected chi connectivity index (χ4v) is 0.581. The fraction of sp³-hybridized carbons (Fsp3) is 0.167. The van der Waals surface area contributed by atoms with Crippen molar-refractivity contribution in [3.63, 3.8) is 0 Å². The van der Waals surface area contributed by atoms with Crippen LogP contribution in [0.1, 0.15) is 12.1 Å². The van der Waals surface area contributed by atoms with Crippen LogP contribution in [0.25, 0.3) is 0 Å². The zero-order valence-corrected chi connectivity index (χ0v) is 6.15. The molecule has 0 atom stereocenters. The van der Waals surface area contributed by atoms with Crippen LogP contribution < -0.4 is 4.74 Å². The van der Waals surface area contributed by atoms with Crippen LogP contribution in [0, 0.1) is 0 Å². The number of nitrogens with zero attached hydrogens (tertiary/aromatic N) is 2. The van der Waals surface area contributed by atoms with Gasteiger partial charge in [0.05, 0.1) is 12.4 Å². The minimum absolute atomic E-state index is 0.336. The van der Waals surface area contributed by atoms with Gasteiger partial charge in [0.2, 0.25) is 5.88 Å². The largest absolute Gasteiger partial charge is 0.512 e. The Morgan fingerprint density at radius 2 is 2.15 bits per heavy atom. The second kappa shape index (κ2) is 3.74. The number of carboxylic acid groups (broad SMARTS) is 1. The normalized spacial score (nSPS) is 10.1. The van der Waals surface area contributed by atoms with Gasteiger partial charge in [-0.1, -0.05) is 0 Å². The number of alkyl halides is 2. The molecule has 0 amide bonds. The Labute approximate surface area is 71.0 Å². The SMILES string of the molecule is O=C(O)Oc1cnc(C(F)F)cn1. The molecule has 0 unspecified atom stereocenters. The first kappa shape index (κ1) is 9.30. The van der Waals surface area contributed by atoms with Crippen molar-refractivity contribution in [1.29, 1.82) is 0 Å². The third kappa shape index (κ3) is 2.62. The Morgan fingerprint density at radius 3 is 2.54 bits per heavy atom. The van der Waals surface area contributed by atoms with Crippen LogP contribution >= 0.6 is 0 Å². The van der Waals surface area contributed by atoms with E-state index in [2.05, 4.69) is 14.7 Å². The van der Waals surface area contributed by atoms with Gasteiger partial charge in [-0.05, 0) is 0 Å². The maximum Gasteiger partial charge on any atom is 0.512 e. The van der Waals surface area contributed by atoms with Crippen molar-refractivity contribution in [2.45, 2.75) is 6.43 Å². The summed E-state index contributed by atoms with van der Waals surface area (Å²) in [6.07, 6.45) is -2.73. The first-order valence-corrected chi connectivity index (χ1v) is 3.10. The lowest BCUT2D eigenvalue weighted by atomic mass is 10.5. The van der Waals surface area contributed by atoms with Gasteiger partial charge in [0.1, 0.15) is 5.69 Å². The predicted octanol–water partition coefficient (Wildman–Crippen LogP) is 1.47. The maximum atomic E-state index is 11.9. The molecule has 0 bridgehead atoms. The van der Waals surface area contributed by atoms with Gasteiger partial charge in [-0.15, -0.1) is 0 Å². The number of hydrogen-bond acceptors (Lipinski definition) is 4. The smallest absolute Gasteiger partial charge is 0.449 e. The van der Waals surface area contributed by atoms with Crippen LogP contribution in [0.4, 0.5) is 13.6 Å². The summed E-state index contributed by atoms with van der Waals surface area (Å²) < 4.78 is 27.9. The molecule has 5 nitrogen and oxygen atoms in total. The summed E-state index contributed by atoms with van der Waals surface area (Å²) in [6.45, 7) is 0. The van der Waals surface area contributed by atoms with Gasteiger partial charge in [-0.25, -0.2) is 23.5 Å². The quantitative estimate of drug-likeness (QED) is 0.715. The van der Waals surface area contributed by atoms with Crippen molar-refractivity contribution in [1.82, 2.24) is 9.97 Å². The van der Waals surface area contributed by atoms with E-state index >= 15 is 0 Å². The number of hydrogen-bond donors (Lipinski definition) is 1. The summed E-state index contributed by atoms with van der Waals surface area (Å²) in [4.78, 5) is 16.5. The topological polar surface area (TPSA) is 72.3 Å². The van der Waals surface area contributed by atoms with Gasteiger partial charge in [0, 0.05) is 0 Å². The molecule has 1 N–H and O–H groups in total. The molecule has 0 spiro atoms. The van der Waals surface area contributed by atoms with Crippen LogP contribution in [0.15, 0.2) is 12.4 Å². The Hall–Kier alpha value is -1.79. The van der Waals surface area contributed by atoms with Crippen LogP contribution in [-0.4, -0.2) is 21.2 Å². The maximum absolute atomic E-state index is 11.9. The molecule has 0 saturated heterocycles. The number of aromatic nitrogens is 2. The third-order valence-electron chi connectivity index (χ3n) is 1.06. The van der Waals surface area contributed by atoms with Gasteiger partial charge in [-0.2, -0.15) is 0 Å². The van der Waals surface area contributed by atoms with Crippen LogP contribution in [-0.2, 0) is 0 Å². The first-order valence-electron chi connectivity index (χ1n) is 3.10. The monoisotopic (exact) mass is 190 g/mol. The molecule has 0 aliphatic carbocycles. The molecule has 1 heterocycles. The molecular formula is C6H4F2N2O3. The molecule has 1 rings (SSSR count). The van der Waals surface area contributed by atoms with Gasteiger partial charge in [-0.3, -0.25) is 0 Å². The number of rotatable bonds is 2. The van der Waals surface area contributed by atoms with Gasteiger partial charge < -0.3 is 9.84 Å². The lowest BCUT2D eigenvalue weighted by Gasteiger charge is -1.99. The fourth-order valence-electron chi connectivity index (χ4n) is 0.581. The molecule has 0 aromatic carbocycles. The number of ether oxygens (including phenoxy) is 1. The highest BCUT2D eigenvalue weighted by Crippen LogP contribution is 2.15. The standard InChI is InChI=1S/C6H4F2N2O3/c7-5(8)3-1-10-4(2-9-3)13-6(11)12/h1-2,5H,(H,11,12). The van der Waals surface area contributed by atoms with Crippen molar-refractivity contribution in [2.75, 3.05) is 0 Å². The zero-order chi connectivity index (χ0) is 9.84. The highest BCUT2D eigenvalue weighted by Gasteiger charge is 2.10. The van der Waals surface area contributed by atoms with Crippen molar-refractivity contribution >= 4 is 6.16 Å². The second-order valence-electron chi connectivity index (χ2n) is 1.95. The van der Waals surface area contributed by atoms with E-state index in [4.69, 9.17) is 5.11 Å². The molecule has 0 aliphatic heterocycles. The number of carbonyl (C=O) groups is 1. The van der Waals surface area contributed by atoms with E-state index < -0.39 is 18.3 Å². The molecule has 0 radical (unpaired) electrons. The van der Waals surface area contributed by atoms with Crippen molar-refractivity contribution < 1.29 is 23.4 Å². The predicted molar refractivity (Wildman–Crippen MR) is 35.6 cm³/mol. The Bertz CT molecular complexity index is 301.